The highest BCUT2D eigenvalue weighted by Gasteiger charge is 2.29. The van der Waals surface area contributed by atoms with Crippen LogP contribution in [0.25, 0.3) is 0 Å². The first kappa shape index (κ1) is 15.8. The SMILES string of the molecule is O=C(COC(=O)C1COc2ccccc2O1)Nc1ccc(F)cc1. The summed E-state index contributed by atoms with van der Waals surface area (Å²) in [6, 6.07) is 12.2. The molecule has 1 N–H and O–H groups in total. The number of rotatable bonds is 4. The Labute approximate surface area is 137 Å². The Morgan fingerprint density at radius 1 is 1.12 bits per heavy atom. The number of ether oxygens (including phenoxy) is 3. The number of para-hydroxylation sites is 2. The number of halogens is 1. The van der Waals surface area contributed by atoms with E-state index in [2.05, 4.69) is 5.32 Å². The van der Waals surface area contributed by atoms with Crippen LogP contribution in [0.1, 0.15) is 0 Å². The Kier molecular flexibility index (Phi) is 4.60. The number of carbonyl (C=O) groups is 2. The number of hydrogen-bond donors (Lipinski definition) is 1. The van der Waals surface area contributed by atoms with E-state index in [1.54, 1.807) is 24.3 Å². The molecule has 1 unspecified atom stereocenters. The number of benzene rings is 2. The van der Waals surface area contributed by atoms with Crippen LogP contribution in [0.4, 0.5) is 10.1 Å². The maximum absolute atomic E-state index is 12.8. The van der Waals surface area contributed by atoms with Crippen LogP contribution in [0.3, 0.4) is 0 Å². The molecule has 1 atom stereocenters. The molecule has 0 bridgehead atoms. The van der Waals surface area contributed by atoms with E-state index in [1.807, 2.05) is 0 Å². The molecule has 6 nitrogen and oxygen atoms in total. The molecule has 0 aromatic heterocycles. The summed E-state index contributed by atoms with van der Waals surface area (Å²) in [5, 5.41) is 2.49. The van der Waals surface area contributed by atoms with Crippen LogP contribution in [-0.4, -0.2) is 31.2 Å². The molecule has 2 aromatic carbocycles. The number of carbonyl (C=O) groups excluding carboxylic acids is 2. The van der Waals surface area contributed by atoms with E-state index >= 15 is 0 Å². The minimum atomic E-state index is -0.932. The smallest absolute Gasteiger partial charge is 0.351 e. The maximum Gasteiger partial charge on any atom is 0.351 e. The third-order valence-electron chi connectivity index (χ3n) is 3.24. The van der Waals surface area contributed by atoms with Crippen molar-refractivity contribution in [2.75, 3.05) is 18.5 Å². The topological polar surface area (TPSA) is 73.9 Å². The zero-order chi connectivity index (χ0) is 16.9. The highest BCUT2D eigenvalue weighted by atomic mass is 19.1. The van der Waals surface area contributed by atoms with Gasteiger partial charge in [0.15, 0.2) is 18.1 Å². The summed E-state index contributed by atoms with van der Waals surface area (Å²) < 4.78 is 28.6. The Hall–Kier alpha value is -3.09. The van der Waals surface area contributed by atoms with Crippen LogP contribution < -0.4 is 14.8 Å². The van der Waals surface area contributed by atoms with Crippen molar-refractivity contribution in [2.24, 2.45) is 0 Å². The average Bonchev–Trinajstić information content (AvgIpc) is 2.61. The Morgan fingerprint density at radius 2 is 1.83 bits per heavy atom. The third kappa shape index (κ3) is 3.81. The van der Waals surface area contributed by atoms with E-state index in [4.69, 9.17) is 14.2 Å². The minimum Gasteiger partial charge on any atom is -0.485 e. The van der Waals surface area contributed by atoms with Gasteiger partial charge in [-0.25, -0.2) is 9.18 Å². The summed E-state index contributed by atoms with van der Waals surface area (Å²) in [4.78, 5) is 23.7. The number of fused-ring (bicyclic) bond motifs is 1. The molecule has 2 aromatic rings. The summed E-state index contributed by atoms with van der Waals surface area (Å²) in [5.74, 6) is -0.642. The fourth-order valence-electron chi connectivity index (χ4n) is 2.10. The van der Waals surface area contributed by atoms with E-state index in [0.717, 1.165) is 0 Å². The maximum atomic E-state index is 12.8. The quantitative estimate of drug-likeness (QED) is 0.869. The first-order valence-electron chi connectivity index (χ1n) is 7.22. The predicted molar refractivity (Wildman–Crippen MR) is 82.3 cm³/mol. The lowest BCUT2D eigenvalue weighted by Gasteiger charge is -2.24. The first-order chi connectivity index (χ1) is 11.6. The fraction of sp³-hybridized carbons (Fsp3) is 0.176. The molecule has 0 fully saturated rings. The Balaban J connectivity index is 1.49. The number of anilines is 1. The van der Waals surface area contributed by atoms with Crippen molar-refractivity contribution in [3.8, 4) is 11.5 Å². The Bertz CT molecular complexity index is 747. The second-order valence-electron chi connectivity index (χ2n) is 5.03. The van der Waals surface area contributed by atoms with E-state index < -0.39 is 30.4 Å². The fourth-order valence-corrected chi connectivity index (χ4v) is 2.10. The zero-order valence-corrected chi connectivity index (χ0v) is 12.5. The van der Waals surface area contributed by atoms with E-state index in [-0.39, 0.29) is 6.61 Å². The number of hydrogen-bond acceptors (Lipinski definition) is 5. The van der Waals surface area contributed by atoms with Crippen LogP contribution in [0.2, 0.25) is 0 Å². The summed E-state index contributed by atoms with van der Waals surface area (Å²) in [5.41, 5.74) is 0.406. The lowest BCUT2D eigenvalue weighted by molar-refractivity contribution is -0.156. The van der Waals surface area contributed by atoms with Crippen molar-refractivity contribution in [2.45, 2.75) is 6.10 Å². The molecule has 24 heavy (non-hydrogen) atoms. The van der Waals surface area contributed by atoms with Gasteiger partial charge in [0.1, 0.15) is 12.4 Å². The lowest BCUT2D eigenvalue weighted by atomic mass is 10.2. The van der Waals surface area contributed by atoms with Crippen LogP contribution in [-0.2, 0) is 14.3 Å². The molecular formula is C17H14FNO5. The van der Waals surface area contributed by atoms with Gasteiger partial charge in [-0.15, -0.1) is 0 Å². The minimum absolute atomic E-state index is 0.00935. The van der Waals surface area contributed by atoms with Gasteiger partial charge in [-0.2, -0.15) is 0 Å². The molecule has 0 saturated heterocycles. The number of nitrogens with one attached hydrogen (secondary N) is 1. The van der Waals surface area contributed by atoms with Crippen LogP contribution in [0, 0.1) is 5.82 Å². The van der Waals surface area contributed by atoms with Gasteiger partial charge in [-0.3, -0.25) is 4.79 Å². The van der Waals surface area contributed by atoms with Crippen molar-refractivity contribution in [3.05, 3.63) is 54.3 Å². The summed E-state index contributed by atoms with van der Waals surface area (Å²) in [7, 11) is 0. The van der Waals surface area contributed by atoms with Gasteiger partial charge in [0.05, 0.1) is 0 Å². The van der Waals surface area contributed by atoms with Gasteiger partial charge < -0.3 is 19.5 Å². The molecule has 0 radical (unpaired) electrons. The summed E-state index contributed by atoms with van der Waals surface area (Å²) in [6.07, 6.45) is -0.932. The molecule has 0 aliphatic carbocycles. The zero-order valence-electron chi connectivity index (χ0n) is 12.5. The molecule has 0 saturated carbocycles. The van der Waals surface area contributed by atoms with Crippen LogP contribution in [0.5, 0.6) is 11.5 Å². The van der Waals surface area contributed by atoms with Crippen molar-refractivity contribution < 1.29 is 28.2 Å². The van der Waals surface area contributed by atoms with Crippen LogP contribution >= 0.6 is 0 Å². The first-order valence-corrected chi connectivity index (χ1v) is 7.22. The molecule has 1 heterocycles. The predicted octanol–water partition coefficient (Wildman–Crippen LogP) is 2.15. The molecular weight excluding hydrogens is 317 g/mol. The number of amides is 1. The highest BCUT2D eigenvalue weighted by molar-refractivity contribution is 5.93. The van der Waals surface area contributed by atoms with Crippen molar-refractivity contribution in [1.82, 2.24) is 0 Å². The molecule has 3 rings (SSSR count). The van der Waals surface area contributed by atoms with Gasteiger partial charge in [0.25, 0.3) is 5.91 Å². The normalized spacial score (nSPS) is 15.5. The molecule has 0 spiro atoms. The van der Waals surface area contributed by atoms with Gasteiger partial charge in [0, 0.05) is 5.69 Å². The molecule has 7 heteroatoms. The monoisotopic (exact) mass is 331 g/mol. The molecule has 1 amide bonds. The van der Waals surface area contributed by atoms with Crippen molar-refractivity contribution in [3.63, 3.8) is 0 Å². The Morgan fingerprint density at radius 3 is 2.58 bits per heavy atom. The molecule has 1 aliphatic heterocycles. The van der Waals surface area contributed by atoms with E-state index in [0.29, 0.717) is 17.2 Å². The molecule has 124 valence electrons. The summed E-state index contributed by atoms with van der Waals surface area (Å²) >= 11 is 0. The largest absolute Gasteiger partial charge is 0.485 e. The van der Waals surface area contributed by atoms with Gasteiger partial charge in [-0.05, 0) is 36.4 Å². The van der Waals surface area contributed by atoms with Crippen LogP contribution in [0.15, 0.2) is 48.5 Å². The third-order valence-corrected chi connectivity index (χ3v) is 3.24. The van der Waals surface area contributed by atoms with Crippen molar-refractivity contribution in [1.29, 1.82) is 0 Å². The molecule has 1 aliphatic rings. The second-order valence-corrected chi connectivity index (χ2v) is 5.03. The second kappa shape index (κ2) is 6.99. The number of esters is 1. The highest BCUT2D eigenvalue weighted by Crippen LogP contribution is 2.31. The standard InChI is InChI=1S/C17H14FNO5/c18-11-5-7-12(8-6-11)19-16(20)10-23-17(21)15-9-22-13-3-1-2-4-14(13)24-15/h1-8,15H,9-10H2,(H,19,20). The lowest BCUT2D eigenvalue weighted by Crippen LogP contribution is -2.39. The summed E-state index contributed by atoms with van der Waals surface area (Å²) in [6.45, 7) is -0.465. The van der Waals surface area contributed by atoms with Gasteiger partial charge in [-0.1, -0.05) is 12.1 Å². The van der Waals surface area contributed by atoms with Crippen molar-refractivity contribution >= 4 is 17.6 Å². The van der Waals surface area contributed by atoms with E-state index in [9.17, 15) is 14.0 Å². The average molecular weight is 331 g/mol. The van der Waals surface area contributed by atoms with Gasteiger partial charge >= 0.3 is 5.97 Å². The van der Waals surface area contributed by atoms with Gasteiger partial charge in [0.2, 0.25) is 6.10 Å². The van der Waals surface area contributed by atoms with E-state index in [1.165, 1.54) is 24.3 Å².